The molecule has 4 aromatic rings. The Labute approximate surface area is 235 Å². The molecule has 0 saturated carbocycles. The highest BCUT2D eigenvalue weighted by Crippen LogP contribution is 2.27. The number of amides is 2. The van der Waals surface area contributed by atoms with Gasteiger partial charge in [-0.1, -0.05) is 28.1 Å². The molecule has 0 bridgehead atoms. The highest BCUT2D eigenvalue weighted by atomic mass is 79.9. The van der Waals surface area contributed by atoms with Crippen molar-refractivity contribution in [3.05, 3.63) is 107 Å². The second-order valence-corrected chi connectivity index (χ2v) is 11.0. The minimum Gasteiger partial charge on any atom is -0.494 e. The molecule has 0 aliphatic rings. The summed E-state index contributed by atoms with van der Waals surface area (Å²) >= 11 is 3.31. The van der Waals surface area contributed by atoms with E-state index in [0.29, 0.717) is 22.6 Å². The monoisotopic (exact) mass is 611 g/mol. The second-order valence-electron chi connectivity index (χ2n) is 8.25. The lowest BCUT2D eigenvalue weighted by Crippen LogP contribution is -2.38. The summed E-state index contributed by atoms with van der Waals surface area (Å²) < 4.78 is 39.7. The zero-order valence-corrected chi connectivity index (χ0v) is 23.4. The lowest BCUT2D eigenvalue weighted by molar-refractivity contribution is -0.114. The molecule has 0 unspecified atom stereocenters. The molecule has 0 aliphatic carbocycles. The number of hydrogen-bond acceptors (Lipinski definition) is 6. The fourth-order valence-corrected chi connectivity index (χ4v) is 5.40. The van der Waals surface area contributed by atoms with E-state index in [2.05, 4.69) is 26.6 Å². The number of furan rings is 1. The molecule has 11 heteroatoms. The highest BCUT2D eigenvalue weighted by molar-refractivity contribution is 9.10. The molecule has 39 heavy (non-hydrogen) atoms. The minimum absolute atomic E-state index is 0.0186. The number of rotatable bonds is 11. The highest BCUT2D eigenvalue weighted by Gasteiger charge is 2.28. The van der Waals surface area contributed by atoms with Crippen molar-refractivity contribution in [2.24, 2.45) is 0 Å². The van der Waals surface area contributed by atoms with Crippen LogP contribution in [0.5, 0.6) is 5.75 Å². The second kappa shape index (κ2) is 12.6. The van der Waals surface area contributed by atoms with E-state index in [1.54, 1.807) is 72.8 Å². The van der Waals surface area contributed by atoms with Gasteiger partial charge in [0.2, 0.25) is 5.91 Å². The summed E-state index contributed by atoms with van der Waals surface area (Å²) in [6, 6.07) is 22.5. The zero-order chi connectivity index (χ0) is 27.8. The van der Waals surface area contributed by atoms with E-state index in [0.717, 1.165) is 4.31 Å². The van der Waals surface area contributed by atoms with Crippen LogP contribution in [0.3, 0.4) is 0 Å². The Balaban J connectivity index is 1.57. The molecule has 2 amide bonds. The molecule has 4 rings (SSSR count). The standard InChI is InChI=1S/C28H26BrN3O6S/c1-2-37-22-13-11-21(12-14-22)32(39(35,36)24-15-9-20(29)10-16-24)19-27(33)31-26-8-4-3-7-25(26)28(34)30-18-23-6-5-17-38-23/h3-17H,2,18-19H2,1H3,(H,30,34)(H,31,33). The number of nitrogens with zero attached hydrogens (tertiary/aromatic N) is 1. The van der Waals surface area contributed by atoms with Gasteiger partial charge in [0.05, 0.1) is 41.2 Å². The van der Waals surface area contributed by atoms with Crippen LogP contribution in [0.25, 0.3) is 0 Å². The fraction of sp³-hybridized carbons (Fsp3) is 0.143. The molecule has 2 N–H and O–H groups in total. The average Bonchev–Trinajstić information content (AvgIpc) is 3.45. The molecule has 3 aromatic carbocycles. The van der Waals surface area contributed by atoms with Gasteiger partial charge in [-0.3, -0.25) is 13.9 Å². The SMILES string of the molecule is CCOc1ccc(N(CC(=O)Nc2ccccc2C(=O)NCc2ccco2)S(=O)(=O)c2ccc(Br)cc2)cc1. The number of anilines is 2. The normalized spacial score (nSPS) is 11.0. The van der Waals surface area contributed by atoms with Crippen molar-refractivity contribution in [2.75, 3.05) is 22.8 Å². The van der Waals surface area contributed by atoms with Crippen LogP contribution in [-0.4, -0.2) is 33.4 Å². The lowest BCUT2D eigenvalue weighted by atomic mass is 10.1. The molecule has 9 nitrogen and oxygen atoms in total. The maximum absolute atomic E-state index is 13.6. The first kappa shape index (κ1) is 27.9. The van der Waals surface area contributed by atoms with E-state index in [4.69, 9.17) is 9.15 Å². The fourth-order valence-electron chi connectivity index (χ4n) is 3.71. The first-order valence-corrected chi connectivity index (χ1v) is 14.2. The van der Waals surface area contributed by atoms with Gasteiger partial charge in [0.25, 0.3) is 15.9 Å². The number of hydrogen-bond donors (Lipinski definition) is 2. The molecule has 0 spiro atoms. The summed E-state index contributed by atoms with van der Waals surface area (Å²) in [4.78, 5) is 26.1. The molecule has 1 heterocycles. The van der Waals surface area contributed by atoms with Crippen molar-refractivity contribution in [3.63, 3.8) is 0 Å². The molecule has 0 saturated heterocycles. The van der Waals surface area contributed by atoms with Crippen molar-refractivity contribution >= 4 is 49.1 Å². The topological polar surface area (TPSA) is 118 Å². The van der Waals surface area contributed by atoms with E-state index < -0.39 is 28.4 Å². The van der Waals surface area contributed by atoms with Crippen LogP contribution >= 0.6 is 15.9 Å². The molecular weight excluding hydrogens is 586 g/mol. The smallest absolute Gasteiger partial charge is 0.264 e. The third-order valence-corrected chi connectivity index (χ3v) is 7.89. The van der Waals surface area contributed by atoms with Crippen LogP contribution in [0.1, 0.15) is 23.0 Å². The van der Waals surface area contributed by atoms with Crippen LogP contribution in [0.2, 0.25) is 0 Å². The molecule has 0 fully saturated rings. The van der Waals surface area contributed by atoms with Crippen LogP contribution in [0.15, 0.2) is 105 Å². The number of carbonyl (C=O) groups excluding carboxylic acids is 2. The first-order valence-electron chi connectivity index (χ1n) is 12.0. The van der Waals surface area contributed by atoms with E-state index in [9.17, 15) is 18.0 Å². The van der Waals surface area contributed by atoms with Gasteiger partial charge in [0, 0.05) is 4.47 Å². The molecule has 202 valence electrons. The number of nitrogens with one attached hydrogen (secondary N) is 2. The number of sulfonamides is 1. The third-order valence-electron chi connectivity index (χ3n) is 5.57. The summed E-state index contributed by atoms with van der Waals surface area (Å²) in [6.07, 6.45) is 1.51. The van der Waals surface area contributed by atoms with Crippen LogP contribution in [0.4, 0.5) is 11.4 Å². The summed E-state index contributed by atoms with van der Waals surface area (Å²) in [5, 5.41) is 5.43. The van der Waals surface area contributed by atoms with E-state index in [-0.39, 0.29) is 28.4 Å². The summed E-state index contributed by atoms with van der Waals surface area (Å²) in [5.41, 5.74) is 0.744. The van der Waals surface area contributed by atoms with Gasteiger partial charge in [0.1, 0.15) is 18.1 Å². The van der Waals surface area contributed by atoms with Gasteiger partial charge < -0.3 is 19.8 Å². The Kier molecular flexibility index (Phi) is 9.05. The molecule has 0 aliphatic heterocycles. The van der Waals surface area contributed by atoms with Crippen LogP contribution < -0.4 is 19.7 Å². The maximum atomic E-state index is 13.6. The van der Waals surface area contributed by atoms with Gasteiger partial charge in [-0.05, 0) is 79.7 Å². The third kappa shape index (κ3) is 7.06. The summed E-state index contributed by atoms with van der Waals surface area (Å²) in [6.45, 7) is 1.94. The maximum Gasteiger partial charge on any atom is 0.264 e. The van der Waals surface area contributed by atoms with Gasteiger partial charge in [-0.15, -0.1) is 0 Å². The van der Waals surface area contributed by atoms with Gasteiger partial charge in [-0.25, -0.2) is 8.42 Å². The van der Waals surface area contributed by atoms with Crippen molar-refractivity contribution in [2.45, 2.75) is 18.4 Å². The quantitative estimate of drug-likeness (QED) is 0.240. The van der Waals surface area contributed by atoms with E-state index in [1.165, 1.54) is 18.4 Å². The first-order chi connectivity index (χ1) is 18.8. The Bertz CT molecular complexity index is 1520. The van der Waals surface area contributed by atoms with Crippen LogP contribution in [0, 0.1) is 0 Å². The van der Waals surface area contributed by atoms with Crippen molar-refractivity contribution in [1.82, 2.24) is 5.32 Å². The van der Waals surface area contributed by atoms with E-state index >= 15 is 0 Å². The molecule has 1 aromatic heterocycles. The van der Waals surface area contributed by atoms with Gasteiger partial charge >= 0.3 is 0 Å². The minimum atomic E-state index is -4.12. The largest absolute Gasteiger partial charge is 0.494 e. The van der Waals surface area contributed by atoms with Crippen molar-refractivity contribution in [1.29, 1.82) is 0 Å². The molecule has 0 radical (unpaired) electrons. The van der Waals surface area contributed by atoms with Gasteiger partial charge in [-0.2, -0.15) is 0 Å². The Morgan fingerprint density at radius 1 is 0.949 bits per heavy atom. The number of ether oxygens (including phenoxy) is 1. The average molecular weight is 613 g/mol. The predicted molar refractivity (Wildman–Crippen MR) is 151 cm³/mol. The lowest BCUT2D eigenvalue weighted by Gasteiger charge is -2.24. The molecule has 0 atom stereocenters. The summed E-state index contributed by atoms with van der Waals surface area (Å²) in [5.74, 6) is 0.0965. The molecular formula is C28H26BrN3O6S. The zero-order valence-electron chi connectivity index (χ0n) is 21.0. The predicted octanol–water partition coefficient (Wildman–Crippen LogP) is 5.20. The number of benzene rings is 3. The Morgan fingerprint density at radius 3 is 2.33 bits per heavy atom. The van der Waals surface area contributed by atoms with Crippen LogP contribution in [-0.2, 0) is 21.4 Å². The number of halogens is 1. The van der Waals surface area contributed by atoms with Crippen molar-refractivity contribution in [3.8, 4) is 5.75 Å². The van der Waals surface area contributed by atoms with Gasteiger partial charge in [0.15, 0.2) is 0 Å². The number of para-hydroxylation sites is 1. The number of carbonyl (C=O) groups is 2. The Morgan fingerprint density at radius 2 is 1.67 bits per heavy atom. The summed E-state index contributed by atoms with van der Waals surface area (Å²) in [7, 11) is -4.12. The Hall–Kier alpha value is -4.09. The van der Waals surface area contributed by atoms with E-state index in [1.807, 2.05) is 6.92 Å². The van der Waals surface area contributed by atoms with Crippen molar-refractivity contribution < 1.29 is 27.2 Å².